The molecule has 102 valence electrons. The van der Waals surface area contributed by atoms with E-state index in [-0.39, 0.29) is 17.2 Å². The lowest BCUT2D eigenvalue weighted by Crippen LogP contribution is -2.05. The van der Waals surface area contributed by atoms with Crippen molar-refractivity contribution in [3.8, 4) is 17.2 Å². The number of anilines is 1. The van der Waals surface area contributed by atoms with Crippen LogP contribution in [-0.4, -0.2) is 4.98 Å². The van der Waals surface area contributed by atoms with Crippen molar-refractivity contribution in [1.29, 1.82) is 5.26 Å². The van der Waals surface area contributed by atoms with Crippen LogP contribution in [-0.2, 0) is 6.42 Å². The number of nitrogens with two attached hydrogens (primary N) is 1. The van der Waals surface area contributed by atoms with E-state index in [1.54, 1.807) is 12.1 Å². The maximum atomic E-state index is 14.1. The molecule has 0 radical (unpaired) electrons. The second-order valence-electron chi connectivity index (χ2n) is 4.41. The predicted molar refractivity (Wildman–Crippen MR) is 80.6 cm³/mol. The summed E-state index contributed by atoms with van der Waals surface area (Å²) in [5.74, 6) is -0.246. The maximum absolute atomic E-state index is 14.1. The van der Waals surface area contributed by atoms with Crippen LogP contribution in [0.2, 0.25) is 0 Å². The third kappa shape index (κ3) is 2.39. The first-order valence-electron chi connectivity index (χ1n) is 6.14. The molecule has 0 saturated heterocycles. The van der Waals surface area contributed by atoms with Gasteiger partial charge in [-0.1, -0.05) is 22.9 Å². The monoisotopic (exact) mass is 333 g/mol. The molecule has 1 aromatic heterocycles. The van der Waals surface area contributed by atoms with Gasteiger partial charge in [0.05, 0.1) is 0 Å². The summed E-state index contributed by atoms with van der Waals surface area (Å²) in [4.78, 5) is 4.22. The number of aryl methyl sites for hydroxylation is 1. The Morgan fingerprint density at radius 3 is 2.75 bits per heavy atom. The molecule has 0 spiro atoms. The van der Waals surface area contributed by atoms with Crippen LogP contribution in [0.4, 0.5) is 10.2 Å². The van der Waals surface area contributed by atoms with E-state index in [9.17, 15) is 9.65 Å². The quantitative estimate of drug-likeness (QED) is 0.904. The number of hydrogen-bond donors (Lipinski definition) is 1. The average molecular weight is 334 g/mol. The highest BCUT2D eigenvalue weighted by Gasteiger charge is 2.19. The lowest BCUT2D eigenvalue weighted by atomic mass is 9.94. The van der Waals surface area contributed by atoms with Crippen molar-refractivity contribution in [3.63, 3.8) is 0 Å². The van der Waals surface area contributed by atoms with Gasteiger partial charge in [0.2, 0.25) is 0 Å². The number of rotatable bonds is 2. The summed E-state index contributed by atoms with van der Waals surface area (Å²) in [6.07, 6.45) is 0.671. The lowest BCUT2D eigenvalue weighted by Gasteiger charge is -2.14. The number of nitrogen functional groups attached to an aromatic ring is 1. The molecule has 5 heteroatoms. The molecule has 20 heavy (non-hydrogen) atoms. The normalized spacial score (nSPS) is 10.3. The summed E-state index contributed by atoms with van der Waals surface area (Å²) < 4.78 is 14.9. The molecular formula is C15H13BrFN3. The van der Waals surface area contributed by atoms with Crippen molar-refractivity contribution >= 4 is 21.7 Å². The zero-order valence-corrected chi connectivity index (χ0v) is 12.8. The van der Waals surface area contributed by atoms with Gasteiger partial charge in [-0.25, -0.2) is 9.37 Å². The zero-order valence-electron chi connectivity index (χ0n) is 11.2. The van der Waals surface area contributed by atoms with Gasteiger partial charge in [0.25, 0.3) is 0 Å². The number of nitrogens with zero attached hydrogens (tertiary/aromatic N) is 2. The fourth-order valence-corrected chi connectivity index (χ4v) is 2.59. The van der Waals surface area contributed by atoms with Crippen LogP contribution < -0.4 is 5.73 Å². The van der Waals surface area contributed by atoms with Crippen LogP contribution in [0.15, 0.2) is 22.7 Å². The summed E-state index contributed by atoms with van der Waals surface area (Å²) in [6, 6.07) is 6.66. The van der Waals surface area contributed by atoms with E-state index >= 15 is 0 Å². The molecule has 1 aromatic carbocycles. The number of benzene rings is 1. The van der Waals surface area contributed by atoms with Gasteiger partial charge in [-0.3, -0.25) is 0 Å². The molecule has 0 atom stereocenters. The van der Waals surface area contributed by atoms with Gasteiger partial charge in [0.15, 0.2) is 0 Å². The molecule has 0 amide bonds. The number of pyridine rings is 1. The van der Waals surface area contributed by atoms with Crippen LogP contribution in [0, 0.1) is 24.1 Å². The maximum Gasteiger partial charge on any atom is 0.142 e. The predicted octanol–water partition coefficient (Wildman–Crippen LogP) is 3.97. The molecule has 0 saturated carbocycles. The third-order valence-electron chi connectivity index (χ3n) is 3.21. The second kappa shape index (κ2) is 5.59. The Morgan fingerprint density at radius 2 is 2.15 bits per heavy atom. The number of halogens is 2. The second-order valence-corrected chi connectivity index (χ2v) is 5.32. The first-order valence-corrected chi connectivity index (χ1v) is 6.93. The van der Waals surface area contributed by atoms with Gasteiger partial charge < -0.3 is 5.73 Å². The van der Waals surface area contributed by atoms with Crippen molar-refractivity contribution in [2.75, 3.05) is 5.73 Å². The molecule has 0 bridgehead atoms. The largest absolute Gasteiger partial charge is 0.383 e. The summed E-state index contributed by atoms with van der Waals surface area (Å²) in [6.45, 7) is 3.78. The van der Waals surface area contributed by atoms with Gasteiger partial charge in [0.1, 0.15) is 23.3 Å². The Kier molecular flexibility index (Phi) is 4.05. The highest BCUT2D eigenvalue weighted by Crippen LogP contribution is 2.34. The molecule has 0 aliphatic heterocycles. The van der Waals surface area contributed by atoms with Crippen molar-refractivity contribution < 1.29 is 4.39 Å². The van der Waals surface area contributed by atoms with E-state index in [0.717, 1.165) is 15.7 Å². The fraction of sp³-hybridized carbons (Fsp3) is 0.200. The Morgan fingerprint density at radius 1 is 1.45 bits per heavy atom. The average Bonchev–Trinajstić information content (AvgIpc) is 2.43. The van der Waals surface area contributed by atoms with Gasteiger partial charge >= 0.3 is 0 Å². The van der Waals surface area contributed by atoms with E-state index in [4.69, 9.17) is 5.73 Å². The van der Waals surface area contributed by atoms with Crippen LogP contribution in [0.5, 0.6) is 0 Å². The van der Waals surface area contributed by atoms with E-state index < -0.39 is 0 Å². The van der Waals surface area contributed by atoms with E-state index in [1.807, 2.05) is 19.9 Å². The fourth-order valence-electron chi connectivity index (χ4n) is 2.23. The SMILES string of the molecule is CCc1nc(N)c(C#N)c(-c2cc(Br)ccc2F)c1C. The summed E-state index contributed by atoms with van der Waals surface area (Å²) in [7, 11) is 0. The molecule has 2 rings (SSSR count). The molecule has 2 aromatic rings. The highest BCUT2D eigenvalue weighted by molar-refractivity contribution is 9.10. The number of nitriles is 1. The molecule has 1 heterocycles. The van der Waals surface area contributed by atoms with E-state index in [0.29, 0.717) is 17.5 Å². The number of aromatic nitrogens is 1. The first-order chi connectivity index (χ1) is 9.49. The molecule has 0 aliphatic rings. The lowest BCUT2D eigenvalue weighted by molar-refractivity contribution is 0.631. The Hall–Kier alpha value is -1.93. The standard InChI is InChI=1S/C15H13BrFN3/c1-3-13-8(2)14(11(7-18)15(19)20-13)10-6-9(16)4-5-12(10)17/h4-6H,3H2,1-2H3,(H2,19,20). The first kappa shape index (κ1) is 14.5. The molecule has 0 fully saturated rings. The van der Waals surface area contributed by atoms with E-state index in [2.05, 4.69) is 20.9 Å². The van der Waals surface area contributed by atoms with Crippen molar-refractivity contribution in [2.24, 2.45) is 0 Å². The van der Waals surface area contributed by atoms with Crippen LogP contribution in [0.1, 0.15) is 23.7 Å². The minimum Gasteiger partial charge on any atom is -0.383 e. The summed E-state index contributed by atoms with van der Waals surface area (Å²) in [5, 5.41) is 9.30. The summed E-state index contributed by atoms with van der Waals surface area (Å²) in [5.41, 5.74) is 8.50. The van der Waals surface area contributed by atoms with Gasteiger partial charge in [-0.05, 0) is 37.1 Å². The van der Waals surface area contributed by atoms with Crippen molar-refractivity contribution in [1.82, 2.24) is 4.98 Å². The van der Waals surface area contributed by atoms with Gasteiger partial charge in [-0.15, -0.1) is 0 Å². The van der Waals surface area contributed by atoms with E-state index in [1.165, 1.54) is 6.07 Å². The smallest absolute Gasteiger partial charge is 0.142 e. The van der Waals surface area contributed by atoms with Crippen LogP contribution >= 0.6 is 15.9 Å². The van der Waals surface area contributed by atoms with Crippen LogP contribution in [0.25, 0.3) is 11.1 Å². The molecular weight excluding hydrogens is 321 g/mol. The molecule has 2 N–H and O–H groups in total. The molecule has 0 aliphatic carbocycles. The minimum absolute atomic E-state index is 0.143. The topological polar surface area (TPSA) is 62.7 Å². The Labute approximate surface area is 125 Å². The Bertz CT molecular complexity index is 719. The number of hydrogen-bond acceptors (Lipinski definition) is 3. The van der Waals surface area contributed by atoms with Crippen LogP contribution in [0.3, 0.4) is 0 Å². The van der Waals surface area contributed by atoms with Crippen molar-refractivity contribution in [3.05, 3.63) is 45.3 Å². The zero-order chi connectivity index (χ0) is 14.9. The summed E-state index contributed by atoms with van der Waals surface area (Å²) >= 11 is 3.32. The van der Waals surface area contributed by atoms with Gasteiger partial charge in [0, 0.05) is 21.3 Å². The minimum atomic E-state index is -0.388. The Balaban J connectivity index is 2.88. The molecule has 3 nitrogen and oxygen atoms in total. The third-order valence-corrected chi connectivity index (χ3v) is 3.71. The van der Waals surface area contributed by atoms with Crippen molar-refractivity contribution in [2.45, 2.75) is 20.3 Å². The van der Waals surface area contributed by atoms with Gasteiger partial charge in [-0.2, -0.15) is 5.26 Å². The highest BCUT2D eigenvalue weighted by atomic mass is 79.9. The molecule has 0 unspecified atom stereocenters.